The van der Waals surface area contributed by atoms with Crippen LogP contribution in [0.4, 0.5) is 0 Å². The van der Waals surface area contributed by atoms with Gasteiger partial charge in [0.1, 0.15) is 0 Å². The van der Waals surface area contributed by atoms with E-state index in [0.29, 0.717) is 41.7 Å². The van der Waals surface area contributed by atoms with Crippen LogP contribution in [-0.2, 0) is 9.53 Å². The van der Waals surface area contributed by atoms with Crippen molar-refractivity contribution in [1.29, 1.82) is 0 Å². The molecule has 0 spiro atoms. The van der Waals surface area contributed by atoms with Crippen molar-refractivity contribution in [1.82, 2.24) is 4.90 Å². The standard InChI is InChI=1S/C17H19Cl2NO4/c18-12-7-11(8-13(19)9-12)16(21)20-4-1-10(2-5-20)15-14(17(22)23)3-6-24-15/h7-10,14-15H,1-6H2,(H,22,23)/t14?,15-/m0/s1. The van der Waals surface area contributed by atoms with Gasteiger partial charge in [0.25, 0.3) is 5.91 Å². The molecule has 2 fully saturated rings. The number of likely N-dealkylation sites (tertiary alicyclic amines) is 1. The number of nitrogens with zero attached hydrogens (tertiary/aromatic N) is 1. The van der Waals surface area contributed by atoms with Gasteiger partial charge in [-0.25, -0.2) is 0 Å². The molecule has 1 N–H and O–H groups in total. The monoisotopic (exact) mass is 371 g/mol. The highest BCUT2D eigenvalue weighted by Gasteiger charge is 2.40. The number of aliphatic carboxylic acids is 1. The van der Waals surface area contributed by atoms with Gasteiger partial charge >= 0.3 is 5.97 Å². The molecule has 0 bridgehead atoms. The Bertz CT molecular complexity index is 623. The zero-order valence-electron chi connectivity index (χ0n) is 13.1. The van der Waals surface area contributed by atoms with Crippen molar-refractivity contribution < 1.29 is 19.4 Å². The third-order valence-electron chi connectivity index (χ3n) is 4.85. The van der Waals surface area contributed by atoms with Gasteiger partial charge in [-0.05, 0) is 43.4 Å². The summed E-state index contributed by atoms with van der Waals surface area (Å²) in [4.78, 5) is 25.7. The van der Waals surface area contributed by atoms with E-state index in [2.05, 4.69) is 0 Å². The summed E-state index contributed by atoms with van der Waals surface area (Å²) < 4.78 is 5.66. The Morgan fingerprint density at radius 1 is 1.08 bits per heavy atom. The lowest BCUT2D eigenvalue weighted by Crippen LogP contribution is -2.43. The van der Waals surface area contributed by atoms with E-state index in [1.165, 1.54) is 0 Å². The van der Waals surface area contributed by atoms with E-state index >= 15 is 0 Å². The lowest BCUT2D eigenvalue weighted by Gasteiger charge is -2.35. The number of carbonyl (C=O) groups excluding carboxylic acids is 1. The van der Waals surface area contributed by atoms with Crippen LogP contribution in [0.1, 0.15) is 29.6 Å². The number of carbonyl (C=O) groups is 2. The molecule has 1 aromatic rings. The SMILES string of the molecule is O=C(O)C1CCO[C@H]1C1CCN(C(=O)c2cc(Cl)cc(Cl)c2)CC1. The summed E-state index contributed by atoms with van der Waals surface area (Å²) in [6.45, 7) is 1.67. The molecule has 2 atom stereocenters. The normalized spacial score (nSPS) is 25.0. The van der Waals surface area contributed by atoms with Crippen molar-refractivity contribution in [2.45, 2.75) is 25.4 Å². The van der Waals surface area contributed by atoms with Crippen molar-refractivity contribution in [2.75, 3.05) is 19.7 Å². The zero-order valence-corrected chi connectivity index (χ0v) is 14.6. The quantitative estimate of drug-likeness (QED) is 0.884. The average molecular weight is 372 g/mol. The van der Waals surface area contributed by atoms with Gasteiger partial charge in [0, 0.05) is 35.3 Å². The number of amides is 1. The summed E-state index contributed by atoms with van der Waals surface area (Å²) in [5.41, 5.74) is 0.478. The van der Waals surface area contributed by atoms with Crippen LogP contribution in [0, 0.1) is 11.8 Å². The fraction of sp³-hybridized carbons (Fsp3) is 0.529. The first-order valence-corrected chi connectivity index (χ1v) is 8.81. The molecule has 0 aliphatic carbocycles. The minimum atomic E-state index is -0.787. The molecule has 3 rings (SSSR count). The van der Waals surface area contributed by atoms with Crippen LogP contribution in [0.15, 0.2) is 18.2 Å². The van der Waals surface area contributed by atoms with Gasteiger partial charge in [-0.2, -0.15) is 0 Å². The molecule has 2 heterocycles. The van der Waals surface area contributed by atoms with Crippen molar-refractivity contribution in [2.24, 2.45) is 11.8 Å². The number of benzene rings is 1. The van der Waals surface area contributed by atoms with Gasteiger partial charge in [0.2, 0.25) is 0 Å². The molecule has 1 amide bonds. The van der Waals surface area contributed by atoms with Gasteiger partial charge < -0.3 is 14.7 Å². The molecule has 0 saturated carbocycles. The molecule has 1 aromatic carbocycles. The second kappa shape index (κ2) is 7.30. The largest absolute Gasteiger partial charge is 0.481 e. The molecule has 2 aliphatic heterocycles. The maximum Gasteiger partial charge on any atom is 0.309 e. The Hall–Kier alpha value is -1.30. The van der Waals surface area contributed by atoms with E-state index < -0.39 is 11.9 Å². The number of carboxylic acids is 1. The summed E-state index contributed by atoms with van der Waals surface area (Å²) in [5, 5.41) is 10.2. The molecule has 5 nitrogen and oxygen atoms in total. The second-order valence-electron chi connectivity index (χ2n) is 6.36. The maximum absolute atomic E-state index is 12.6. The predicted octanol–water partition coefficient (Wildman–Crippen LogP) is 3.34. The van der Waals surface area contributed by atoms with E-state index in [1.807, 2.05) is 0 Å². The Kier molecular flexibility index (Phi) is 5.33. The molecule has 7 heteroatoms. The van der Waals surface area contributed by atoms with E-state index in [-0.39, 0.29) is 17.9 Å². The van der Waals surface area contributed by atoms with Crippen LogP contribution in [0.5, 0.6) is 0 Å². The van der Waals surface area contributed by atoms with Crippen LogP contribution in [0.3, 0.4) is 0 Å². The molecule has 130 valence electrons. The summed E-state index contributed by atoms with van der Waals surface area (Å²) >= 11 is 11.9. The smallest absolute Gasteiger partial charge is 0.309 e. The highest BCUT2D eigenvalue weighted by molar-refractivity contribution is 6.35. The molecule has 2 saturated heterocycles. The molecule has 2 aliphatic rings. The molecule has 1 unspecified atom stereocenters. The van der Waals surface area contributed by atoms with Crippen molar-refractivity contribution in [3.05, 3.63) is 33.8 Å². The summed E-state index contributed by atoms with van der Waals surface area (Å²) in [6, 6.07) is 4.82. The average Bonchev–Trinajstić information content (AvgIpc) is 3.03. The first kappa shape index (κ1) is 17.5. The number of halogens is 2. The van der Waals surface area contributed by atoms with Crippen molar-refractivity contribution >= 4 is 35.1 Å². The number of ether oxygens (including phenoxy) is 1. The van der Waals surface area contributed by atoms with Gasteiger partial charge in [0.05, 0.1) is 12.0 Å². The minimum absolute atomic E-state index is 0.0972. The Morgan fingerprint density at radius 2 is 1.71 bits per heavy atom. The molecular weight excluding hydrogens is 353 g/mol. The first-order valence-electron chi connectivity index (χ1n) is 8.05. The minimum Gasteiger partial charge on any atom is -0.481 e. The Balaban J connectivity index is 1.62. The highest BCUT2D eigenvalue weighted by atomic mass is 35.5. The maximum atomic E-state index is 12.6. The molecule has 0 aromatic heterocycles. The Morgan fingerprint density at radius 3 is 2.29 bits per heavy atom. The van der Waals surface area contributed by atoms with Gasteiger partial charge in [-0.15, -0.1) is 0 Å². The lowest BCUT2D eigenvalue weighted by atomic mass is 9.84. The summed E-state index contributed by atoms with van der Waals surface area (Å²) in [7, 11) is 0. The van der Waals surface area contributed by atoms with E-state index in [4.69, 9.17) is 27.9 Å². The van der Waals surface area contributed by atoms with Crippen LogP contribution in [-0.4, -0.2) is 47.7 Å². The molecule has 24 heavy (non-hydrogen) atoms. The third-order valence-corrected chi connectivity index (χ3v) is 5.29. The van der Waals surface area contributed by atoms with Gasteiger partial charge in [-0.3, -0.25) is 9.59 Å². The second-order valence-corrected chi connectivity index (χ2v) is 7.23. The molecular formula is C17H19Cl2NO4. The zero-order chi connectivity index (χ0) is 17.3. The Labute approximate surface area is 150 Å². The summed E-state index contributed by atoms with van der Waals surface area (Å²) in [6.07, 6.45) is 1.82. The van der Waals surface area contributed by atoms with E-state index in [1.54, 1.807) is 23.1 Å². The topological polar surface area (TPSA) is 66.8 Å². The first-order chi connectivity index (χ1) is 11.5. The number of piperidine rings is 1. The third kappa shape index (κ3) is 3.68. The van der Waals surface area contributed by atoms with Crippen LogP contribution in [0.2, 0.25) is 10.0 Å². The van der Waals surface area contributed by atoms with Crippen LogP contribution >= 0.6 is 23.2 Å². The number of hydrogen-bond donors (Lipinski definition) is 1. The number of hydrogen-bond acceptors (Lipinski definition) is 3. The predicted molar refractivity (Wildman–Crippen MR) is 90.6 cm³/mol. The number of carboxylic acid groups (broad SMARTS) is 1. The van der Waals surface area contributed by atoms with Crippen molar-refractivity contribution in [3.63, 3.8) is 0 Å². The van der Waals surface area contributed by atoms with Crippen LogP contribution < -0.4 is 0 Å². The fourth-order valence-corrected chi connectivity index (χ4v) is 4.16. The van der Waals surface area contributed by atoms with Crippen LogP contribution in [0.25, 0.3) is 0 Å². The molecule has 0 radical (unpaired) electrons. The van der Waals surface area contributed by atoms with Gasteiger partial charge in [0.15, 0.2) is 0 Å². The van der Waals surface area contributed by atoms with Gasteiger partial charge in [-0.1, -0.05) is 23.2 Å². The number of rotatable bonds is 3. The fourth-order valence-electron chi connectivity index (χ4n) is 3.63. The van der Waals surface area contributed by atoms with E-state index in [9.17, 15) is 14.7 Å². The lowest BCUT2D eigenvalue weighted by molar-refractivity contribution is -0.145. The van der Waals surface area contributed by atoms with Crippen molar-refractivity contribution in [3.8, 4) is 0 Å². The summed E-state index contributed by atoms with van der Waals surface area (Å²) in [5.74, 6) is -1.13. The van der Waals surface area contributed by atoms with E-state index in [0.717, 1.165) is 12.8 Å². The highest BCUT2D eigenvalue weighted by Crippen LogP contribution is 2.33.